The molecule has 1 aliphatic rings. The molecule has 3 N–H and O–H groups in total. The summed E-state index contributed by atoms with van der Waals surface area (Å²) in [6, 6.07) is 5.53. The Labute approximate surface area is 187 Å². The summed E-state index contributed by atoms with van der Waals surface area (Å²) < 4.78 is 16.3. The van der Waals surface area contributed by atoms with Crippen molar-refractivity contribution >= 4 is 24.2 Å². The number of carbonyl (C=O) groups excluding carboxylic acids is 2. The zero-order valence-corrected chi connectivity index (χ0v) is 18.8. The Kier molecular flexibility index (Phi) is 9.40. The van der Waals surface area contributed by atoms with Crippen molar-refractivity contribution in [2.24, 2.45) is 21.6 Å². The monoisotopic (exact) mass is 445 g/mol. The number of hydrogen-bond donors (Lipinski definition) is 2. The number of nitrogens with two attached hydrogens (primary N) is 1. The number of carbonyl (C=O) groups is 2. The van der Waals surface area contributed by atoms with Crippen molar-refractivity contribution in [3.63, 3.8) is 0 Å². The third-order valence-electron chi connectivity index (χ3n) is 4.98. The third-order valence-corrected chi connectivity index (χ3v) is 4.98. The molecule has 2 heterocycles. The van der Waals surface area contributed by atoms with Crippen molar-refractivity contribution in [1.29, 1.82) is 5.26 Å². The summed E-state index contributed by atoms with van der Waals surface area (Å²) in [6.45, 7) is 5.92. The van der Waals surface area contributed by atoms with E-state index in [0.717, 1.165) is 25.6 Å². The van der Waals surface area contributed by atoms with E-state index in [9.17, 15) is 14.9 Å². The van der Waals surface area contributed by atoms with E-state index in [-0.39, 0.29) is 30.9 Å². The first-order valence-electron chi connectivity index (χ1n) is 10.8. The van der Waals surface area contributed by atoms with Crippen molar-refractivity contribution in [3.05, 3.63) is 23.5 Å². The fourth-order valence-electron chi connectivity index (χ4n) is 3.19. The fraction of sp³-hybridized carbons (Fsp3) is 0.591. The van der Waals surface area contributed by atoms with Gasteiger partial charge in [0.15, 0.2) is 11.4 Å². The molecule has 174 valence electrons. The molecular weight excluding hydrogens is 414 g/mol. The van der Waals surface area contributed by atoms with Crippen LogP contribution < -0.4 is 5.73 Å². The van der Waals surface area contributed by atoms with E-state index >= 15 is 0 Å². The minimum Gasteiger partial charge on any atom is -0.463 e. The van der Waals surface area contributed by atoms with Crippen LogP contribution in [0, 0.1) is 17.2 Å². The Morgan fingerprint density at radius 2 is 2.19 bits per heavy atom. The lowest BCUT2D eigenvalue weighted by Crippen LogP contribution is -2.28. The maximum absolute atomic E-state index is 12.0. The Hall–Kier alpha value is -3.19. The van der Waals surface area contributed by atoms with Crippen LogP contribution in [0.25, 0.3) is 0 Å². The minimum absolute atomic E-state index is 0.0349. The number of rotatable bonds is 9. The van der Waals surface area contributed by atoms with Crippen LogP contribution in [-0.2, 0) is 24.6 Å². The summed E-state index contributed by atoms with van der Waals surface area (Å²) in [7, 11) is 0. The number of nitrogens with one attached hydrogen (secondary N) is 1. The molecular formula is C22H31N5O5. The highest BCUT2D eigenvalue weighted by Crippen LogP contribution is 2.38. The van der Waals surface area contributed by atoms with Crippen molar-refractivity contribution in [2.45, 2.75) is 64.6 Å². The zero-order chi connectivity index (χ0) is 23.6. The van der Waals surface area contributed by atoms with Gasteiger partial charge in [0.05, 0.1) is 36.4 Å². The van der Waals surface area contributed by atoms with Crippen molar-refractivity contribution in [2.75, 3.05) is 13.2 Å². The van der Waals surface area contributed by atoms with Crippen LogP contribution in [0.2, 0.25) is 0 Å². The lowest BCUT2D eigenvalue weighted by atomic mass is 9.98. The predicted octanol–water partition coefficient (Wildman–Crippen LogP) is 3.17. The quantitative estimate of drug-likeness (QED) is 0.256. The number of amidine groups is 1. The van der Waals surface area contributed by atoms with E-state index in [0.29, 0.717) is 24.2 Å². The van der Waals surface area contributed by atoms with Gasteiger partial charge in [0.2, 0.25) is 0 Å². The maximum Gasteiger partial charge on any atom is 0.435 e. The third kappa shape index (κ3) is 6.65. The van der Waals surface area contributed by atoms with Gasteiger partial charge in [-0.15, -0.1) is 0 Å². The van der Waals surface area contributed by atoms with E-state index in [1.54, 1.807) is 26.0 Å². The van der Waals surface area contributed by atoms with Crippen molar-refractivity contribution in [3.8, 4) is 6.07 Å². The van der Waals surface area contributed by atoms with Crippen LogP contribution in [0.4, 0.5) is 4.79 Å². The van der Waals surface area contributed by atoms with Crippen LogP contribution in [0.15, 0.2) is 22.1 Å². The van der Waals surface area contributed by atoms with Gasteiger partial charge in [-0.3, -0.25) is 4.79 Å². The SMILES string of the molecule is CCCCCOC(=O)/N=C(\N=CN)c1ccc(C2(C#N)CCC(COC(=O)C(C)C)O2)[nH]1. The number of esters is 1. The molecule has 1 aromatic rings. The summed E-state index contributed by atoms with van der Waals surface area (Å²) >= 11 is 0. The van der Waals surface area contributed by atoms with Gasteiger partial charge in [-0.2, -0.15) is 10.3 Å². The summed E-state index contributed by atoms with van der Waals surface area (Å²) in [5.74, 6) is -0.512. The smallest absolute Gasteiger partial charge is 0.435 e. The van der Waals surface area contributed by atoms with E-state index in [4.69, 9.17) is 19.9 Å². The second-order valence-electron chi connectivity index (χ2n) is 7.82. The molecule has 0 aliphatic carbocycles. The molecule has 0 radical (unpaired) electrons. The summed E-state index contributed by atoms with van der Waals surface area (Å²) in [5, 5.41) is 9.83. The number of unbranched alkanes of at least 4 members (excludes halogenated alkanes) is 2. The molecule has 1 aliphatic heterocycles. The average Bonchev–Trinajstić information content (AvgIpc) is 3.43. The number of amides is 1. The molecule has 2 unspecified atom stereocenters. The van der Waals surface area contributed by atoms with Gasteiger partial charge in [0.1, 0.15) is 12.7 Å². The standard InChI is InChI=1S/C22H31N5O5/c1-4-5-6-11-30-21(29)27-19(25-14-24)17-7-8-18(26-17)22(13-23)10-9-16(32-22)12-31-20(28)15(2)3/h7-8,14-16,26H,4-6,9-12H2,1-3H3,(H2,24,25,27,29). The highest BCUT2D eigenvalue weighted by atomic mass is 16.6. The average molecular weight is 446 g/mol. The number of H-pyrrole nitrogens is 1. The first kappa shape index (κ1) is 25.1. The number of ether oxygens (including phenoxy) is 3. The van der Waals surface area contributed by atoms with Crippen LogP contribution in [0.5, 0.6) is 0 Å². The second-order valence-corrected chi connectivity index (χ2v) is 7.82. The van der Waals surface area contributed by atoms with Gasteiger partial charge >= 0.3 is 12.1 Å². The molecule has 1 saturated heterocycles. The van der Waals surface area contributed by atoms with Crippen LogP contribution >= 0.6 is 0 Å². The van der Waals surface area contributed by atoms with Crippen LogP contribution in [0.3, 0.4) is 0 Å². The van der Waals surface area contributed by atoms with Crippen molar-refractivity contribution in [1.82, 2.24) is 4.98 Å². The number of aromatic amines is 1. The molecule has 10 nitrogen and oxygen atoms in total. The molecule has 1 fully saturated rings. The van der Waals surface area contributed by atoms with Crippen LogP contribution in [0.1, 0.15) is 64.3 Å². The first-order chi connectivity index (χ1) is 15.3. The number of aliphatic imine (C=N–C) groups is 2. The molecule has 0 spiro atoms. The number of hydrogen-bond acceptors (Lipinski definition) is 6. The zero-order valence-electron chi connectivity index (χ0n) is 18.8. The Balaban J connectivity index is 2.10. The topological polar surface area (TPSA) is 152 Å². The van der Waals surface area contributed by atoms with Gasteiger partial charge in [-0.25, -0.2) is 9.79 Å². The maximum atomic E-state index is 12.0. The lowest BCUT2D eigenvalue weighted by molar-refractivity contribution is -0.152. The van der Waals surface area contributed by atoms with E-state index < -0.39 is 17.8 Å². The largest absolute Gasteiger partial charge is 0.463 e. The van der Waals surface area contributed by atoms with E-state index in [1.165, 1.54) is 0 Å². The normalized spacial score (nSPS) is 21.1. The highest BCUT2D eigenvalue weighted by Gasteiger charge is 2.44. The molecule has 2 rings (SSSR count). The number of aromatic nitrogens is 1. The van der Waals surface area contributed by atoms with Gasteiger partial charge in [0, 0.05) is 0 Å². The van der Waals surface area contributed by atoms with Gasteiger partial charge in [-0.1, -0.05) is 33.6 Å². The first-order valence-corrected chi connectivity index (χ1v) is 10.8. The molecule has 0 saturated carbocycles. The summed E-state index contributed by atoms with van der Waals surface area (Å²) in [5.41, 5.74) is 5.05. The number of nitrogens with zero attached hydrogens (tertiary/aromatic N) is 3. The number of nitriles is 1. The molecule has 32 heavy (non-hydrogen) atoms. The molecule has 0 bridgehead atoms. The Morgan fingerprint density at radius 3 is 2.84 bits per heavy atom. The minimum atomic E-state index is -1.23. The fourth-order valence-corrected chi connectivity index (χ4v) is 3.19. The van der Waals surface area contributed by atoms with Crippen molar-refractivity contribution < 1.29 is 23.8 Å². The predicted molar refractivity (Wildman–Crippen MR) is 118 cm³/mol. The van der Waals surface area contributed by atoms with E-state index in [2.05, 4.69) is 28.0 Å². The van der Waals surface area contributed by atoms with E-state index in [1.807, 2.05) is 0 Å². The van der Waals surface area contributed by atoms with Gasteiger partial charge < -0.3 is 24.9 Å². The van der Waals surface area contributed by atoms with Gasteiger partial charge in [-0.05, 0) is 31.4 Å². The molecule has 0 aromatic carbocycles. The lowest BCUT2D eigenvalue weighted by Gasteiger charge is -2.21. The van der Waals surface area contributed by atoms with Gasteiger partial charge in [0.25, 0.3) is 0 Å². The summed E-state index contributed by atoms with van der Waals surface area (Å²) in [6.07, 6.45) is 3.56. The highest BCUT2D eigenvalue weighted by molar-refractivity contribution is 6.05. The molecule has 1 amide bonds. The molecule has 10 heteroatoms. The molecule has 1 aromatic heterocycles. The molecule has 2 atom stereocenters. The Morgan fingerprint density at radius 1 is 1.41 bits per heavy atom. The van der Waals surface area contributed by atoms with Crippen LogP contribution in [-0.4, -0.2) is 48.5 Å². The second kappa shape index (κ2) is 12.0. The summed E-state index contributed by atoms with van der Waals surface area (Å²) in [4.78, 5) is 34.6. The Bertz CT molecular complexity index is 886.